The summed E-state index contributed by atoms with van der Waals surface area (Å²) in [6, 6.07) is 5.95. The van der Waals surface area contributed by atoms with Crippen molar-refractivity contribution in [2.24, 2.45) is 0 Å². The number of nitrogens with zero attached hydrogens (tertiary/aromatic N) is 1. The highest BCUT2D eigenvalue weighted by molar-refractivity contribution is 5.94. The topological polar surface area (TPSA) is 32.3 Å². The maximum Gasteiger partial charge on any atom is 0.253 e. The summed E-state index contributed by atoms with van der Waals surface area (Å²) in [6.07, 6.45) is 0. The Morgan fingerprint density at radius 1 is 1.28 bits per heavy atom. The first-order chi connectivity index (χ1) is 8.39. The fraction of sp³-hybridized carbons (Fsp3) is 0.533. The van der Waals surface area contributed by atoms with E-state index in [1.807, 2.05) is 30.0 Å². The Labute approximate surface area is 109 Å². The zero-order valence-corrected chi connectivity index (χ0v) is 11.7. The fourth-order valence-electron chi connectivity index (χ4n) is 2.37. The predicted octanol–water partition coefficient (Wildman–Crippen LogP) is 2.13. The Balaban J connectivity index is 2.18. The largest absolute Gasteiger partial charge is 0.336 e. The number of benzene rings is 1. The molecule has 1 saturated heterocycles. The second-order valence-electron chi connectivity index (χ2n) is 5.84. The van der Waals surface area contributed by atoms with Gasteiger partial charge in [0.15, 0.2) is 0 Å². The Kier molecular flexibility index (Phi) is 3.44. The van der Waals surface area contributed by atoms with Gasteiger partial charge in [-0.25, -0.2) is 0 Å². The zero-order valence-electron chi connectivity index (χ0n) is 11.7. The van der Waals surface area contributed by atoms with Gasteiger partial charge in [0.05, 0.1) is 0 Å². The smallest absolute Gasteiger partial charge is 0.253 e. The maximum atomic E-state index is 12.4. The molecule has 0 unspecified atom stereocenters. The molecule has 2 rings (SSSR count). The van der Waals surface area contributed by atoms with Gasteiger partial charge in [0.2, 0.25) is 0 Å². The van der Waals surface area contributed by atoms with Crippen molar-refractivity contribution in [2.75, 3.05) is 19.6 Å². The molecule has 18 heavy (non-hydrogen) atoms. The number of aryl methyl sites for hydroxylation is 2. The molecule has 1 aromatic carbocycles. The number of piperazine rings is 1. The number of amides is 1. The van der Waals surface area contributed by atoms with Crippen LogP contribution in [0.3, 0.4) is 0 Å². The van der Waals surface area contributed by atoms with Gasteiger partial charge < -0.3 is 10.2 Å². The summed E-state index contributed by atoms with van der Waals surface area (Å²) in [5.74, 6) is 0.146. The van der Waals surface area contributed by atoms with E-state index in [1.165, 1.54) is 11.1 Å². The van der Waals surface area contributed by atoms with Crippen LogP contribution in [0, 0.1) is 13.8 Å². The van der Waals surface area contributed by atoms with Crippen LogP contribution in [-0.2, 0) is 0 Å². The lowest BCUT2D eigenvalue weighted by Crippen LogP contribution is -2.58. The molecule has 1 aromatic rings. The summed E-state index contributed by atoms with van der Waals surface area (Å²) < 4.78 is 0. The first-order valence-electron chi connectivity index (χ1n) is 6.51. The average molecular weight is 246 g/mol. The quantitative estimate of drug-likeness (QED) is 0.823. The molecule has 0 atom stereocenters. The predicted molar refractivity (Wildman–Crippen MR) is 73.9 cm³/mol. The SMILES string of the molecule is Cc1ccc(C(=O)N2CCNC(C)(C)C2)cc1C. The molecule has 0 spiro atoms. The first kappa shape index (κ1) is 13.1. The second-order valence-corrected chi connectivity index (χ2v) is 5.84. The van der Waals surface area contributed by atoms with Crippen LogP contribution in [0.4, 0.5) is 0 Å². The molecule has 1 amide bonds. The van der Waals surface area contributed by atoms with Crippen LogP contribution in [0.25, 0.3) is 0 Å². The van der Waals surface area contributed by atoms with Crippen LogP contribution in [0.2, 0.25) is 0 Å². The lowest BCUT2D eigenvalue weighted by molar-refractivity contribution is 0.0652. The molecule has 0 saturated carbocycles. The van der Waals surface area contributed by atoms with Gasteiger partial charge in [0, 0.05) is 30.7 Å². The number of nitrogens with one attached hydrogen (secondary N) is 1. The molecule has 1 aliphatic heterocycles. The number of hydrogen-bond donors (Lipinski definition) is 1. The van der Waals surface area contributed by atoms with E-state index in [2.05, 4.69) is 26.1 Å². The lowest BCUT2D eigenvalue weighted by Gasteiger charge is -2.39. The molecule has 3 nitrogen and oxygen atoms in total. The van der Waals surface area contributed by atoms with Crippen molar-refractivity contribution in [1.29, 1.82) is 0 Å². The Bertz CT molecular complexity index is 466. The molecule has 1 heterocycles. The molecule has 0 aliphatic carbocycles. The first-order valence-corrected chi connectivity index (χ1v) is 6.51. The Morgan fingerprint density at radius 2 is 2.00 bits per heavy atom. The summed E-state index contributed by atoms with van der Waals surface area (Å²) in [4.78, 5) is 14.4. The van der Waals surface area contributed by atoms with Crippen LogP contribution >= 0.6 is 0 Å². The van der Waals surface area contributed by atoms with Gasteiger partial charge in [0.25, 0.3) is 5.91 Å². The summed E-state index contributed by atoms with van der Waals surface area (Å²) in [5.41, 5.74) is 3.21. The Hall–Kier alpha value is -1.35. The van der Waals surface area contributed by atoms with Crippen LogP contribution < -0.4 is 5.32 Å². The van der Waals surface area contributed by atoms with E-state index in [0.717, 1.165) is 25.2 Å². The van der Waals surface area contributed by atoms with Crippen molar-refractivity contribution in [3.8, 4) is 0 Å². The van der Waals surface area contributed by atoms with Crippen molar-refractivity contribution < 1.29 is 4.79 Å². The number of hydrogen-bond acceptors (Lipinski definition) is 2. The number of carbonyl (C=O) groups excluding carboxylic acids is 1. The van der Waals surface area contributed by atoms with Crippen LogP contribution in [0.5, 0.6) is 0 Å². The molecule has 1 N–H and O–H groups in total. The maximum absolute atomic E-state index is 12.4. The minimum atomic E-state index is 0.00759. The molecule has 98 valence electrons. The van der Waals surface area contributed by atoms with Crippen molar-refractivity contribution >= 4 is 5.91 Å². The highest BCUT2D eigenvalue weighted by Crippen LogP contribution is 2.16. The number of rotatable bonds is 1. The van der Waals surface area contributed by atoms with Gasteiger partial charge in [-0.3, -0.25) is 4.79 Å². The molecule has 0 aromatic heterocycles. The normalized spacial score (nSPS) is 18.8. The summed E-state index contributed by atoms with van der Waals surface area (Å²) in [6.45, 7) is 10.8. The van der Waals surface area contributed by atoms with Crippen LogP contribution in [-0.4, -0.2) is 36.0 Å². The minimum Gasteiger partial charge on any atom is -0.336 e. The van der Waals surface area contributed by atoms with E-state index in [1.54, 1.807) is 0 Å². The Morgan fingerprint density at radius 3 is 2.61 bits per heavy atom. The van der Waals surface area contributed by atoms with Gasteiger partial charge in [-0.15, -0.1) is 0 Å². The van der Waals surface area contributed by atoms with E-state index in [4.69, 9.17) is 0 Å². The highest BCUT2D eigenvalue weighted by atomic mass is 16.2. The average Bonchev–Trinajstić information content (AvgIpc) is 2.30. The van der Waals surface area contributed by atoms with E-state index < -0.39 is 0 Å². The monoisotopic (exact) mass is 246 g/mol. The highest BCUT2D eigenvalue weighted by Gasteiger charge is 2.29. The van der Waals surface area contributed by atoms with E-state index in [-0.39, 0.29) is 11.4 Å². The van der Waals surface area contributed by atoms with E-state index in [9.17, 15) is 4.79 Å². The van der Waals surface area contributed by atoms with E-state index >= 15 is 0 Å². The van der Waals surface area contributed by atoms with Gasteiger partial charge in [-0.05, 0) is 51.0 Å². The van der Waals surface area contributed by atoms with Gasteiger partial charge in [-0.1, -0.05) is 6.07 Å². The second kappa shape index (κ2) is 4.73. The fourth-order valence-corrected chi connectivity index (χ4v) is 2.37. The molecule has 0 bridgehead atoms. The third-order valence-electron chi connectivity index (χ3n) is 3.61. The summed E-state index contributed by atoms with van der Waals surface area (Å²) in [7, 11) is 0. The van der Waals surface area contributed by atoms with E-state index in [0.29, 0.717) is 0 Å². The van der Waals surface area contributed by atoms with Crippen LogP contribution in [0.1, 0.15) is 35.3 Å². The molecule has 0 radical (unpaired) electrons. The van der Waals surface area contributed by atoms with Gasteiger partial charge in [0.1, 0.15) is 0 Å². The van der Waals surface area contributed by atoms with Crippen molar-refractivity contribution in [2.45, 2.75) is 33.2 Å². The number of carbonyl (C=O) groups is 1. The molecular weight excluding hydrogens is 224 g/mol. The lowest BCUT2D eigenvalue weighted by atomic mass is 10.0. The summed E-state index contributed by atoms with van der Waals surface area (Å²) >= 11 is 0. The molecule has 1 fully saturated rings. The van der Waals surface area contributed by atoms with Crippen molar-refractivity contribution in [3.63, 3.8) is 0 Å². The molecule has 1 aliphatic rings. The van der Waals surface area contributed by atoms with Crippen LogP contribution in [0.15, 0.2) is 18.2 Å². The molecular formula is C15H22N2O. The third-order valence-corrected chi connectivity index (χ3v) is 3.61. The van der Waals surface area contributed by atoms with Gasteiger partial charge in [-0.2, -0.15) is 0 Å². The van der Waals surface area contributed by atoms with Crippen molar-refractivity contribution in [1.82, 2.24) is 10.2 Å². The van der Waals surface area contributed by atoms with Gasteiger partial charge >= 0.3 is 0 Å². The summed E-state index contributed by atoms with van der Waals surface area (Å²) in [5, 5.41) is 3.42. The third kappa shape index (κ3) is 2.72. The minimum absolute atomic E-state index is 0.00759. The molecule has 3 heteroatoms. The zero-order chi connectivity index (χ0) is 13.3. The van der Waals surface area contributed by atoms with Crippen molar-refractivity contribution in [3.05, 3.63) is 34.9 Å². The standard InChI is InChI=1S/C15H22N2O/c1-11-5-6-13(9-12(11)2)14(18)17-8-7-16-15(3,4)10-17/h5-6,9,16H,7-8,10H2,1-4H3.